The first-order chi connectivity index (χ1) is 12.0. The van der Waals surface area contributed by atoms with Gasteiger partial charge in [-0.15, -0.1) is 0 Å². The second-order valence-electron chi connectivity index (χ2n) is 5.87. The van der Waals surface area contributed by atoms with Gasteiger partial charge >= 0.3 is 0 Å². The Balaban J connectivity index is 2.09. The molecule has 3 rings (SSSR count). The highest BCUT2D eigenvalue weighted by Gasteiger charge is 2.28. The summed E-state index contributed by atoms with van der Waals surface area (Å²) in [6.07, 6.45) is 0.769. The third-order valence-corrected chi connectivity index (χ3v) is 4.12. The minimum absolute atomic E-state index is 0.163. The fraction of sp³-hybridized carbons (Fsp3) is 0.412. The van der Waals surface area contributed by atoms with Crippen molar-refractivity contribution in [1.29, 1.82) is 0 Å². The SMILES string of the molecule is COc1cc(F)c(F)cc1[C@H]1COCCCN1c1cc(C)nc(N)n1. The quantitative estimate of drug-likeness (QED) is 0.917. The zero-order valence-corrected chi connectivity index (χ0v) is 14.1. The molecule has 0 radical (unpaired) electrons. The predicted octanol–water partition coefficient (Wildman–Crippen LogP) is 2.62. The van der Waals surface area contributed by atoms with E-state index < -0.39 is 11.6 Å². The van der Waals surface area contributed by atoms with E-state index in [2.05, 4.69) is 9.97 Å². The lowest BCUT2D eigenvalue weighted by Gasteiger charge is -2.31. The number of hydrogen-bond donors (Lipinski definition) is 1. The van der Waals surface area contributed by atoms with Crippen molar-refractivity contribution in [3.05, 3.63) is 41.1 Å². The number of nitrogens with zero attached hydrogens (tertiary/aromatic N) is 3. The van der Waals surface area contributed by atoms with E-state index in [1.807, 2.05) is 11.8 Å². The third-order valence-electron chi connectivity index (χ3n) is 4.12. The van der Waals surface area contributed by atoms with Gasteiger partial charge in [0.2, 0.25) is 5.95 Å². The van der Waals surface area contributed by atoms with E-state index in [1.165, 1.54) is 7.11 Å². The fourth-order valence-electron chi connectivity index (χ4n) is 3.01. The van der Waals surface area contributed by atoms with Crippen LogP contribution in [0.3, 0.4) is 0 Å². The molecule has 1 aliphatic heterocycles. The average molecular weight is 350 g/mol. The van der Waals surface area contributed by atoms with E-state index >= 15 is 0 Å². The maximum Gasteiger partial charge on any atom is 0.222 e. The van der Waals surface area contributed by atoms with Crippen molar-refractivity contribution in [1.82, 2.24) is 9.97 Å². The molecule has 8 heteroatoms. The summed E-state index contributed by atoms with van der Waals surface area (Å²) in [7, 11) is 1.42. The van der Waals surface area contributed by atoms with E-state index in [0.717, 1.165) is 24.2 Å². The van der Waals surface area contributed by atoms with Crippen molar-refractivity contribution in [3.63, 3.8) is 0 Å². The van der Waals surface area contributed by atoms with Crippen molar-refractivity contribution >= 4 is 11.8 Å². The summed E-state index contributed by atoms with van der Waals surface area (Å²) in [4.78, 5) is 10.3. The molecule has 0 spiro atoms. The Kier molecular flexibility index (Phi) is 4.98. The molecule has 0 saturated carbocycles. The van der Waals surface area contributed by atoms with Crippen LogP contribution >= 0.6 is 0 Å². The lowest BCUT2D eigenvalue weighted by atomic mass is 10.0. The van der Waals surface area contributed by atoms with E-state index in [1.54, 1.807) is 6.07 Å². The Morgan fingerprint density at radius 2 is 2.00 bits per heavy atom. The number of nitrogens with two attached hydrogens (primary N) is 1. The predicted molar refractivity (Wildman–Crippen MR) is 89.6 cm³/mol. The maximum atomic E-state index is 13.9. The number of rotatable bonds is 3. The number of hydrogen-bond acceptors (Lipinski definition) is 6. The molecule has 1 fully saturated rings. The van der Waals surface area contributed by atoms with Gasteiger partial charge in [-0.05, 0) is 19.4 Å². The summed E-state index contributed by atoms with van der Waals surface area (Å²) in [5.41, 5.74) is 7.00. The number of ether oxygens (including phenoxy) is 2. The van der Waals surface area contributed by atoms with E-state index in [9.17, 15) is 8.78 Å². The van der Waals surface area contributed by atoms with Crippen molar-refractivity contribution in [2.24, 2.45) is 0 Å². The van der Waals surface area contributed by atoms with Crippen molar-refractivity contribution < 1.29 is 18.3 Å². The summed E-state index contributed by atoms with van der Waals surface area (Å²) >= 11 is 0. The van der Waals surface area contributed by atoms with Gasteiger partial charge in [-0.2, -0.15) is 4.98 Å². The Bertz CT molecular complexity index is 752. The second-order valence-corrected chi connectivity index (χ2v) is 5.87. The number of halogens is 2. The highest BCUT2D eigenvalue weighted by molar-refractivity contribution is 5.49. The molecule has 2 aromatic rings. The molecule has 1 atom stereocenters. The summed E-state index contributed by atoms with van der Waals surface area (Å²) in [5, 5.41) is 0. The summed E-state index contributed by atoms with van der Waals surface area (Å²) < 4.78 is 38.4. The van der Waals surface area contributed by atoms with E-state index in [-0.39, 0.29) is 17.7 Å². The molecule has 134 valence electrons. The zero-order chi connectivity index (χ0) is 18.0. The first-order valence-electron chi connectivity index (χ1n) is 7.98. The number of benzene rings is 1. The fourth-order valence-corrected chi connectivity index (χ4v) is 3.01. The minimum atomic E-state index is -0.955. The molecular formula is C17H20F2N4O2. The first kappa shape index (κ1) is 17.3. The lowest BCUT2D eigenvalue weighted by Crippen LogP contribution is -2.32. The Morgan fingerprint density at radius 1 is 1.24 bits per heavy atom. The monoisotopic (exact) mass is 350 g/mol. The molecule has 2 heterocycles. The van der Waals surface area contributed by atoms with Gasteiger partial charge in [-0.1, -0.05) is 0 Å². The van der Waals surface area contributed by atoms with Crippen LogP contribution in [0.15, 0.2) is 18.2 Å². The molecule has 1 saturated heterocycles. The first-order valence-corrected chi connectivity index (χ1v) is 7.98. The van der Waals surface area contributed by atoms with Gasteiger partial charge in [0.25, 0.3) is 0 Å². The van der Waals surface area contributed by atoms with Gasteiger partial charge in [-0.25, -0.2) is 13.8 Å². The van der Waals surface area contributed by atoms with Crippen LogP contribution < -0.4 is 15.4 Å². The second kappa shape index (κ2) is 7.18. The molecule has 1 aliphatic rings. The molecule has 25 heavy (non-hydrogen) atoms. The van der Waals surface area contributed by atoms with E-state index in [4.69, 9.17) is 15.2 Å². The zero-order valence-electron chi connectivity index (χ0n) is 14.1. The van der Waals surface area contributed by atoms with Crippen LogP contribution in [0.25, 0.3) is 0 Å². The van der Waals surface area contributed by atoms with Gasteiger partial charge in [0.1, 0.15) is 11.6 Å². The largest absolute Gasteiger partial charge is 0.496 e. The van der Waals surface area contributed by atoms with Gasteiger partial charge in [0.05, 0.1) is 19.8 Å². The van der Waals surface area contributed by atoms with Crippen LogP contribution in [0.1, 0.15) is 23.7 Å². The molecule has 0 bridgehead atoms. The van der Waals surface area contributed by atoms with Crippen LogP contribution in [0.4, 0.5) is 20.5 Å². The Hall–Kier alpha value is -2.48. The Morgan fingerprint density at radius 3 is 2.72 bits per heavy atom. The van der Waals surface area contributed by atoms with Gasteiger partial charge in [0.15, 0.2) is 11.6 Å². The van der Waals surface area contributed by atoms with Gasteiger partial charge in [-0.3, -0.25) is 0 Å². The molecule has 0 unspecified atom stereocenters. The standard InChI is InChI=1S/C17H20F2N4O2/c1-10-6-16(22-17(20)21-10)23-4-3-5-25-9-14(23)11-7-12(18)13(19)8-15(11)24-2/h6-8,14H,3-5,9H2,1-2H3,(H2,20,21,22)/t14-/m1/s1. The van der Waals surface area contributed by atoms with Crippen LogP contribution in [0.5, 0.6) is 5.75 Å². The molecule has 6 nitrogen and oxygen atoms in total. The molecule has 1 aromatic carbocycles. The smallest absolute Gasteiger partial charge is 0.222 e. The Labute approximate surface area is 144 Å². The number of aromatic nitrogens is 2. The summed E-state index contributed by atoms with van der Waals surface area (Å²) in [6, 6.07) is 3.62. The number of aryl methyl sites for hydroxylation is 1. The van der Waals surface area contributed by atoms with Gasteiger partial charge in [0, 0.05) is 36.5 Å². The highest BCUT2D eigenvalue weighted by Crippen LogP contribution is 2.35. The minimum Gasteiger partial charge on any atom is -0.496 e. The normalized spacial score (nSPS) is 18.1. The van der Waals surface area contributed by atoms with Gasteiger partial charge < -0.3 is 20.1 Å². The summed E-state index contributed by atoms with van der Waals surface area (Å²) in [6.45, 7) is 3.31. The maximum absolute atomic E-state index is 13.9. The third kappa shape index (κ3) is 3.63. The lowest BCUT2D eigenvalue weighted by molar-refractivity contribution is 0.133. The van der Waals surface area contributed by atoms with Crippen LogP contribution in [-0.4, -0.2) is 36.8 Å². The average Bonchev–Trinajstić information content (AvgIpc) is 2.82. The van der Waals surface area contributed by atoms with Crippen LogP contribution in [-0.2, 0) is 4.74 Å². The van der Waals surface area contributed by atoms with Crippen molar-refractivity contribution in [2.75, 3.05) is 37.5 Å². The number of anilines is 2. The molecule has 2 N–H and O–H groups in total. The highest BCUT2D eigenvalue weighted by atomic mass is 19.2. The number of methoxy groups -OCH3 is 1. The molecular weight excluding hydrogens is 330 g/mol. The van der Waals surface area contributed by atoms with E-state index in [0.29, 0.717) is 31.1 Å². The topological polar surface area (TPSA) is 73.5 Å². The summed E-state index contributed by atoms with van der Waals surface area (Å²) in [5.74, 6) is -0.844. The van der Waals surface area contributed by atoms with Crippen LogP contribution in [0.2, 0.25) is 0 Å². The van der Waals surface area contributed by atoms with Crippen molar-refractivity contribution in [2.45, 2.75) is 19.4 Å². The molecule has 0 amide bonds. The molecule has 0 aliphatic carbocycles. The number of nitrogen functional groups attached to an aromatic ring is 1. The molecule has 1 aromatic heterocycles. The van der Waals surface area contributed by atoms with Crippen LogP contribution in [0, 0.1) is 18.6 Å². The van der Waals surface area contributed by atoms with Crippen molar-refractivity contribution in [3.8, 4) is 5.75 Å².